The van der Waals surface area contributed by atoms with Crippen molar-refractivity contribution in [3.05, 3.63) is 69.4 Å². The summed E-state index contributed by atoms with van der Waals surface area (Å²) in [6.45, 7) is 4.83. The van der Waals surface area contributed by atoms with Crippen molar-refractivity contribution in [2.24, 2.45) is 0 Å². The molecule has 0 saturated heterocycles. The molecule has 0 radical (unpaired) electrons. The molecule has 8 heteroatoms. The Bertz CT molecular complexity index is 1130. The number of aromatic hydroxyl groups is 1. The normalized spacial score (nSPS) is 12.9. The molecule has 138 valence electrons. The third kappa shape index (κ3) is 3.15. The molecular formula is C19H18N4O2S2. The Balaban J connectivity index is 1.87. The lowest BCUT2D eigenvalue weighted by molar-refractivity contribution is 0.407. The molecule has 1 aliphatic rings. The van der Waals surface area contributed by atoms with Gasteiger partial charge in [0.2, 0.25) is 5.88 Å². The van der Waals surface area contributed by atoms with Crippen LogP contribution in [0.5, 0.6) is 5.88 Å². The van der Waals surface area contributed by atoms with Crippen LogP contribution in [-0.4, -0.2) is 30.0 Å². The van der Waals surface area contributed by atoms with E-state index in [4.69, 9.17) is 17.2 Å². The van der Waals surface area contributed by atoms with Gasteiger partial charge in [-0.15, -0.1) is 6.58 Å². The van der Waals surface area contributed by atoms with Crippen LogP contribution in [-0.2, 0) is 19.5 Å². The van der Waals surface area contributed by atoms with Gasteiger partial charge in [-0.1, -0.05) is 48.2 Å². The summed E-state index contributed by atoms with van der Waals surface area (Å²) in [6.07, 6.45) is 1.89. The Morgan fingerprint density at radius 2 is 2.15 bits per heavy atom. The van der Waals surface area contributed by atoms with Crippen molar-refractivity contribution in [1.29, 1.82) is 0 Å². The molecule has 1 aliphatic heterocycles. The monoisotopic (exact) mass is 398 g/mol. The maximum atomic E-state index is 12.5. The fraction of sp³-hybridized carbons (Fsp3) is 0.211. The number of fused-ring (bicyclic) bond motifs is 1. The number of rotatable bonds is 5. The summed E-state index contributed by atoms with van der Waals surface area (Å²) >= 11 is 6.86. The predicted molar refractivity (Wildman–Crippen MR) is 109 cm³/mol. The number of thioether (sulfide) groups is 1. The second kappa shape index (κ2) is 7.21. The van der Waals surface area contributed by atoms with Gasteiger partial charge in [0.05, 0.1) is 17.0 Å². The standard InChI is InChI=1S/C19H18N4O2S2/c1-2-8-23-17(25)13(16(24)21-18(23)26)11-14-15(12-6-4-3-5-7-12)20-19-22(14)9-10-27-19/h2-7,25H,1,8-11H2,(H,21,24,26). The van der Waals surface area contributed by atoms with Crippen molar-refractivity contribution >= 4 is 24.0 Å². The molecule has 2 N–H and O–H groups in total. The number of hydrogen-bond acceptors (Lipinski definition) is 5. The molecule has 4 rings (SSSR count). The third-order valence-electron chi connectivity index (χ3n) is 4.55. The Morgan fingerprint density at radius 1 is 1.37 bits per heavy atom. The van der Waals surface area contributed by atoms with E-state index >= 15 is 0 Å². The van der Waals surface area contributed by atoms with E-state index in [1.165, 1.54) is 4.57 Å². The lowest BCUT2D eigenvalue weighted by Crippen LogP contribution is -2.20. The Hall–Kier alpha value is -2.58. The first-order chi connectivity index (χ1) is 13.1. The fourth-order valence-corrected chi connectivity index (χ4v) is 4.49. The fourth-order valence-electron chi connectivity index (χ4n) is 3.27. The molecule has 0 aliphatic carbocycles. The van der Waals surface area contributed by atoms with Crippen molar-refractivity contribution in [2.75, 3.05) is 5.75 Å². The van der Waals surface area contributed by atoms with Gasteiger partial charge in [0.15, 0.2) is 9.93 Å². The van der Waals surface area contributed by atoms with Crippen LogP contribution in [0.1, 0.15) is 11.3 Å². The Morgan fingerprint density at radius 3 is 2.89 bits per heavy atom. The van der Waals surface area contributed by atoms with Gasteiger partial charge in [0.25, 0.3) is 5.56 Å². The first kappa shape index (κ1) is 17.8. The zero-order chi connectivity index (χ0) is 19.0. The van der Waals surface area contributed by atoms with Crippen LogP contribution in [0.2, 0.25) is 0 Å². The molecule has 0 unspecified atom stereocenters. The highest BCUT2D eigenvalue weighted by atomic mass is 32.2. The molecule has 0 saturated carbocycles. The Labute approximate surface area is 165 Å². The molecule has 0 spiro atoms. The van der Waals surface area contributed by atoms with Crippen LogP contribution >= 0.6 is 24.0 Å². The summed E-state index contributed by atoms with van der Waals surface area (Å²) in [7, 11) is 0. The molecule has 3 aromatic rings. The van der Waals surface area contributed by atoms with Crippen LogP contribution in [0.3, 0.4) is 0 Å². The number of benzene rings is 1. The summed E-state index contributed by atoms with van der Waals surface area (Å²) < 4.78 is 3.78. The minimum atomic E-state index is -0.377. The minimum absolute atomic E-state index is 0.121. The van der Waals surface area contributed by atoms with Gasteiger partial charge in [-0.2, -0.15) is 0 Å². The maximum Gasteiger partial charge on any atom is 0.259 e. The van der Waals surface area contributed by atoms with E-state index in [0.717, 1.165) is 34.4 Å². The van der Waals surface area contributed by atoms with E-state index < -0.39 is 0 Å². The summed E-state index contributed by atoms with van der Waals surface area (Å²) in [4.78, 5) is 20.0. The number of nitrogens with zero attached hydrogens (tertiary/aromatic N) is 3. The average molecular weight is 399 g/mol. The van der Waals surface area contributed by atoms with E-state index in [-0.39, 0.29) is 28.2 Å². The van der Waals surface area contributed by atoms with Crippen LogP contribution in [0.15, 0.2) is 52.9 Å². The molecule has 0 bridgehead atoms. The summed E-state index contributed by atoms with van der Waals surface area (Å²) in [5, 5.41) is 11.6. The number of allylic oxidation sites excluding steroid dienone is 1. The second-order valence-corrected chi connectivity index (χ2v) is 7.64. The summed E-state index contributed by atoms with van der Waals surface area (Å²) in [6, 6.07) is 9.88. The van der Waals surface area contributed by atoms with Gasteiger partial charge in [-0.3, -0.25) is 14.3 Å². The largest absolute Gasteiger partial charge is 0.494 e. The third-order valence-corrected chi connectivity index (χ3v) is 5.83. The quantitative estimate of drug-likeness (QED) is 0.509. The van der Waals surface area contributed by atoms with Gasteiger partial charge in [0.1, 0.15) is 0 Å². The highest BCUT2D eigenvalue weighted by Crippen LogP contribution is 2.34. The van der Waals surface area contributed by atoms with Gasteiger partial charge >= 0.3 is 0 Å². The van der Waals surface area contributed by atoms with E-state index in [1.54, 1.807) is 17.8 Å². The molecular weight excluding hydrogens is 380 g/mol. The zero-order valence-electron chi connectivity index (χ0n) is 14.5. The van der Waals surface area contributed by atoms with Gasteiger partial charge in [-0.25, -0.2) is 4.98 Å². The lowest BCUT2D eigenvalue weighted by Gasteiger charge is -2.13. The van der Waals surface area contributed by atoms with Gasteiger partial charge < -0.3 is 9.67 Å². The van der Waals surface area contributed by atoms with Crippen LogP contribution < -0.4 is 5.56 Å². The molecule has 0 amide bonds. The first-order valence-electron chi connectivity index (χ1n) is 8.53. The number of H-pyrrole nitrogens is 1. The smallest absolute Gasteiger partial charge is 0.259 e. The van der Waals surface area contributed by atoms with Crippen molar-refractivity contribution in [1.82, 2.24) is 19.1 Å². The van der Waals surface area contributed by atoms with Gasteiger partial charge in [-0.05, 0) is 12.2 Å². The second-order valence-electron chi connectivity index (χ2n) is 6.19. The minimum Gasteiger partial charge on any atom is -0.494 e. The SMILES string of the molecule is C=CCn1c(O)c(Cc2c(-c3ccccc3)nc3n2CCS3)c(=O)[nH]c1=S. The van der Waals surface area contributed by atoms with Crippen LogP contribution in [0.4, 0.5) is 0 Å². The molecule has 6 nitrogen and oxygen atoms in total. The topological polar surface area (TPSA) is 75.8 Å². The van der Waals surface area contributed by atoms with Crippen molar-refractivity contribution < 1.29 is 5.11 Å². The number of imidazole rings is 1. The van der Waals surface area contributed by atoms with Crippen molar-refractivity contribution in [2.45, 2.75) is 24.7 Å². The zero-order valence-corrected chi connectivity index (χ0v) is 16.1. The molecule has 1 aromatic carbocycles. The molecule has 2 aromatic heterocycles. The van der Waals surface area contributed by atoms with E-state index in [2.05, 4.69) is 16.1 Å². The molecule has 0 atom stereocenters. The number of hydrogen-bond donors (Lipinski definition) is 2. The molecule has 3 heterocycles. The summed E-state index contributed by atoms with van der Waals surface area (Å²) in [5.41, 5.74) is 2.66. The number of aromatic amines is 1. The lowest BCUT2D eigenvalue weighted by atomic mass is 10.1. The number of nitrogens with one attached hydrogen (secondary N) is 1. The predicted octanol–water partition coefficient (Wildman–Crippen LogP) is 3.36. The first-order valence-corrected chi connectivity index (χ1v) is 9.93. The van der Waals surface area contributed by atoms with E-state index in [1.807, 2.05) is 30.3 Å². The average Bonchev–Trinajstić information content (AvgIpc) is 3.25. The van der Waals surface area contributed by atoms with Crippen molar-refractivity contribution in [3.63, 3.8) is 0 Å². The van der Waals surface area contributed by atoms with Gasteiger partial charge in [0, 0.05) is 30.8 Å². The van der Waals surface area contributed by atoms with Crippen molar-refractivity contribution in [3.8, 4) is 17.1 Å². The summed E-state index contributed by atoms with van der Waals surface area (Å²) in [5.74, 6) is 0.831. The molecule has 27 heavy (non-hydrogen) atoms. The van der Waals surface area contributed by atoms with E-state index in [9.17, 15) is 9.90 Å². The highest BCUT2D eigenvalue weighted by Gasteiger charge is 2.25. The highest BCUT2D eigenvalue weighted by molar-refractivity contribution is 7.99. The van der Waals surface area contributed by atoms with Crippen LogP contribution in [0.25, 0.3) is 11.3 Å². The van der Waals surface area contributed by atoms with Crippen LogP contribution in [0, 0.1) is 4.77 Å². The maximum absolute atomic E-state index is 12.5. The Kier molecular flexibility index (Phi) is 4.75. The number of aromatic nitrogens is 4. The van der Waals surface area contributed by atoms with E-state index in [0.29, 0.717) is 6.54 Å². The molecule has 0 fully saturated rings.